The molecule has 2 amide bonds. The second-order valence-electron chi connectivity index (χ2n) is 12.9. The van der Waals surface area contributed by atoms with Crippen LogP contribution in [-0.2, 0) is 19.6 Å². The molecule has 2 N–H and O–H groups in total. The summed E-state index contributed by atoms with van der Waals surface area (Å²) >= 11 is 2.24. The molecule has 63 heavy (non-hydrogen) atoms. The minimum atomic E-state index is -4.02. The van der Waals surface area contributed by atoms with Gasteiger partial charge < -0.3 is 10.6 Å². The van der Waals surface area contributed by atoms with Gasteiger partial charge in [0.2, 0.25) is 17.0 Å². The molecule has 324 valence electrons. The van der Waals surface area contributed by atoms with Gasteiger partial charge in [0.05, 0.1) is 16.4 Å². The zero-order valence-electron chi connectivity index (χ0n) is 34.2. The number of pyridine rings is 2. The predicted octanol–water partition coefficient (Wildman–Crippen LogP) is 9.33. The highest BCUT2D eigenvalue weighted by molar-refractivity contribution is 8.00. The van der Waals surface area contributed by atoms with Gasteiger partial charge in [0.25, 0.3) is 10.0 Å². The first kappa shape index (κ1) is 45.5. The summed E-state index contributed by atoms with van der Waals surface area (Å²) in [6.07, 6.45) is 6.45. The van der Waals surface area contributed by atoms with Gasteiger partial charge >= 0.3 is 0 Å². The summed E-state index contributed by atoms with van der Waals surface area (Å²) in [6.45, 7) is 5.88. The molecule has 4 aromatic carbocycles. The van der Waals surface area contributed by atoms with Crippen LogP contribution >= 0.6 is 23.5 Å². The van der Waals surface area contributed by atoms with E-state index in [9.17, 15) is 22.4 Å². The van der Waals surface area contributed by atoms with E-state index in [0.717, 1.165) is 32.5 Å². The average molecular weight is 905 g/mol. The van der Waals surface area contributed by atoms with Crippen molar-refractivity contribution < 1.29 is 25.3 Å². The molecule has 0 atom stereocenters. The van der Waals surface area contributed by atoms with E-state index in [1.165, 1.54) is 42.2 Å². The van der Waals surface area contributed by atoms with Gasteiger partial charge in [-0.25, -0.2) is 12.8 Å². The molecule has 0 bridgehead atoms. The number of aryl methyl sites for hydroxylation is 1. The van der Waals surface area contributed by atoms with Crippen molar-refractivity contribution in [3.63, 3.8) is 0 Å². The summed E-state index contributed by atoms with van der Waals surface area (Å²) in [4.78, 5) is 33.0. The van der Waals surface area contributed by atoms with E-state index in [1.54, 1.807) is 77.8 Å². The molecule has 0 saturated carbocycles. The number of hydrogen-bond donors (Lipinski definition) is 2. The van der Waals surface area contributed by atoms with Crippen molar-refractivity contribution in [3.8, 4) is 28.5 Å². The third-order valence-electron chi connectivity index (χ3n) is 8.49. The van der Waals surface area contributed by atoms with Crippen molar-refractivity contribution >= 4 is 56.7 Å². The maximum atomic E-state index is 13.5. The van der Waals surface area contributed by atoms with E-state index < -0.39 is 10.0 Å². The van der Waals surface area contributed by atoms with Gasteiger partial charge in [-0.3, -0.25) is 24.1 Å². The Labute approximate surface area is 375 Å². The van der Waals surface area contributed by atoms with Crippen LogP contribution in [0.5, 0.6) is 0 Å². The molecule has 0 radical (unpaired) electrons. The number of nitrogens with one attached hydrogen (secondary N) is 2. The lowest BCUT2D eigenvalue weighted by Crippen LogP contribution is -2.18. The largest absolute Gasteiger partial charge is 0.325 e. The maximum Gasteiger partial charge on any atom is 0.271 e. The molecule has 0 aliphatic carbocycles. The van der Waals surface area contributed by atoms with E-state index in [2.05, 4.69) is 41.0 Å². The van der Waals surface area contributed by atoms with Crippen molar-refractivity contribution in [2.45, 2.75) is 36.0 Å². The van der Waals surface area contributed by atoms with E-state index in [4.69, 9.17) is 0 Å². The number of nitrogens with zero attached hydrogens (tertiary/aromatic N) is 8. The fourth-order valence-electron chi connectivity index (χ4n) is 5.62. The summed E-state index contributed by atoms with van der Waals surface area (Å²) in [5.41, 5.74) is 4.28. The van der Waals surface area contributed by atoms with Gasteiger partial charge in [-0.1, -0.05) is 91.5 Å². The molecule has 0 fully saturated rings. The van der Waals surface area contributed by atoms with Crippen LogP contribution in [0.2, 0.25) is 0 Å². The van der Waals surface area contributed by atoms with Crippen LogP contribution in [0.15, 0.2) is 173 Å². The summed E-state index contributed by atoms with van der Waals surface area (Å²) in [5.74, 6) is 0.0378. The quantitative estimate of drug-likeness (QED) is 0.105. The highest BCUT2D eigenvalue weighted by atomic mass is 32.2. The first-order valence-corrected chi connectivity index (χ1v) is 22.8. The number of benzene rings is 4. The SMILES string of the molecule is CC.Cc1ccc(S(=O)(=O)n2c(SCC(=O)Nc3ccccc3)nnc2-c2cccnc2)cc1.O=C(CSc1nnc(-c2cccnc2)n1-c1ccc(F)cc1)Nc1ccccc1.[HH].[HH]. The van der Waals surface area contributed by atoms with Gasteiger partial charge in [-0.05, 0) is 91.9 Å². The number of rotatable bonds is 13. The third-order valence-corrected chi connectivity index (χ3v) is 12.2. The Bertz CT molecular complexity index is 2830. The number of carbonyl (C=O) groups excluding carboxylic acids is 2. The van der Waals surface area contributed by atoms with Gasteiger partial charge in [0, 0.05) is 55.8 Å². The number of thioether (sulfide) groups is 2. The molecule has 0 aliphatic rings. The van der Waals surface area contributed by atoms with Crippen LogP contribution in [0.25, 0.3) is 28.5 Å². The molecule has 8 rings (SSSR count). The zero-order valence-corrected chi connectivity index (χ0v) is 36.7. The lowest BCUT2D eigenvalue weighted by atomic mass is 10.2. The molecule has 18 heteroatoms. The Kier molecular flexibility index (Phi) is 16.0. The minimum absolute atomic E-state index is 0. The Morgan fingerprint density at radius 1 is 0.619 bits per heavy atom. The minimum Gasteiger partial charge on any atom is -0.325 e. The van der Waals surface area contributed by atoms with Gasteiger partial charge in [-0.15, -0.1) is 20.4 Å². The number of aromatic nitrogens is 8. The predicted molar refractivity (Wildman–Crippen MR) is 249 cm³/mol. The third kappa shape index (κ3) is 12.1. The highest BCUT2D eigenvalue weighted by Gasteiger charge is 2.28. The number of halogens is 1. The van der Waals surface area contributed by atoms with Crippen LogP contribution in [-0.4, -0.2) is 70.6 Å². The molecule has 4 heterocycles. The molecule has 0 spiro atoms. The van der Waals surface area contributed by atoms with Gasteiger partial charge in [-0.2, -0.15) is 3.97 Å². The summed E-state index contributed by atoms with van der Waals surface area (Å²) in [6, 6.07) is 37.9. The van der Waals surface area contributed by atoms with Crippen LogP contribution in [0.3, 0.4) is 0 Å². The van der Waals surface area contributed by atoms with Crippen molar-refractivity contribution in [2.75, 3.05) is 22.1 Å². The number of para-hydroxylation sites is 2. The van der Waals surface area contributed by atoms with Crippen LogP contribution in [0.1, 0.15) is 22.3 Å². The van der Waals surface area contributed by atoms with E-state index in [1.807, 2.05) is 75.4 Å². The van der Waals surface area contributed by atoms with E-state index in [-0.39, 0.29) is 47.9 Å². The fourth-order valence-corrected chi connectivity index (χ4v) is 8.76. The Morgan fingerprint density at radius 3 is 1.63 bits per heavy atom. The van der Waals surface area contributed by atoms with Crippen molar-refractivity contribution in [1.82, 2.24) is 38.9 Å². The fraction of sp³-hybridized carbons (Fsp3) is 0.111. The van der Waals surface area contributed by atoms with E-state index >= 15 is 0 Å². The molecule has 14 nitrogen and oxygen atoms in total. The number of anilines is 2. The summed E-state index contributed by atoms with van der Waals surface area (Å²) in [7, 11) is -4.02. The van der Waals surface area contributed by atoms with Crippen molar-refractivity contribution in [1.29, 1.82) is 0 Å². The Hall–Kier alpha value is -7.02. The average Bonchev–Trinajstić information content (AvgIpc) is 3.96. The molecule has 0 saturated heterocycles. The van der Waals surface area contributed by atoms with Crippen LogP contribution in [0, 0.1) is 12.7 Å². The Morgan fingerprint density at radius 2 is 1.11 bits per heavy atom. The number of hydrogen-bond acceptors (Lipinski definition) is 12. The first-order valence-electron chi connectivity index (χ1n) is 19.4. The highest BCUT2D eigenvalue weighted by Crippen LogP contribution is 2.30. The Balaban J connectivity index is 0.000000267. The maximum absolute atomic E-state index is 13.5. The van der Waals surface area contributed by atoms with Crippen molar-refractivity contribution in [3.05, 3.63) is 170 Å². The molecule has 0 unspecified atom stereocenters. The standard InChI is InChI=1S/C22H19N5O3S2.C21H16FN5OS.C2H6.2H2/c1-16-9-11-19(12-10-16)32(29,30)27-21(17-6-5-13-23-14-17)25-26-22(27)31-15-20(28)24-18-7-3-2-4-8-18;22-16-8-10-18(11-9-16)27-20(15-5-4-12-23-13-15)25-26-21(27)29-14-19(28)24-17-6-2-1-3-7-17;1-2;;/h2-14H,15H2,1H3,(H,24,28);1-13H,14H2,(H,24,28);1-2H3;2*1H. The molecule has 0 aliphatic heterocycles. The molecular formula is C45H45FN10O4S3. The second kappa shape index (κ2) is 22.2. The number of carbonyl (C=O) groups is 2. The van der Waals surface area contributed by atoms with Gasteiger partial charge in [0.1, 0.15) is 5.82 Å². The lowest BCUT2D eigenvalue weighted by Gasteiger charge is -2.11. The molecule has 8 aromatic rings. The first-order chi connectivity index (χ1) is 30.7. The molecule has 4 aromatic heterocycles. The normalized spacial score (nSPS) is 10.7. The van der Waals surface area contributed by atoms with Crippen LogP contribution in [0.4, 0.5) is 15.8 Å². The van der Waals surface area contributed by atoms with E-state index in [0.29, 0.717) is 27.9 Å². The summed E-state index contributed by atoms with van der Waals surface area (Å²) < 4.78 is 43.3. The number of amides is 2. The molecular weight excluding hydrogens is 860 g/mol. The lowest BCUT2D eigenvalue weighted by molar-refractivity contribution is -0.114. The summed E-state index contributed by atoms with van der Waals surface area (Å²) in [5, 5.41) is 22.9. The van der Waals surface area contributed by atoms with Crippen LogP contribution < -0.4 is 10.6 Å². The zero-order chi connectivity index (χ0) is 44.6. The monoisotopic (exact) mass is 904 g/mol. The smallest absolute Gasteiger partial charge is 0.271 e. The van der Waals surface area contributed by atoms with Gasteiger partial charge in [0.15, 0.2) is 16.8 Å². The topological polar surface area (TPSA) is 180 Å². The second-order valence-corrected chi connectivity index (χ2v) is 16.6. The van der Waals surface area contributed by atoms with Crippen molar-refractivity contribution in [2.24, 2.45) is 0 Å².